The Morgan fingerprint density at radius 1 is 0.611 bits per heavy atom. The number of aromatic nitrogens is 2. The summed E-state index contributed by atoms with van der Waals surface area (Å²) in [5.41, 5.74) is 10.7. The molecule has 176 valence electrons. The molecule has 0 aliphatic heterocycles. The molecule has 0 atom stereocenters. The third-order valence-electron chi connectivity index (χ3n) is 7.01. The first-order chi connectivity index (χ1) is 17.5. The minimum absolute atomic E-state index is 0.255. The molecular formula is C34H30N2. The van der Waals surface area contributed by atoms with Gasteiger partial charge in [0, 0.05) is 22.4 Å². The number of fused-ring (bicyclic) bond motifs is 3. The van der Waals surface area contributed by atoms with E-state index in [1.807, 2.05) is 0 Å². The third-order valence-corrected chi connectivity index (χ3v) is 7.01. The Balaban J connectivity index is 1.90. The summed E-state index contributed by atoms with van der Waals surface area (Å²) >= 11 is 0. The second-order valence-electron chi connectivity index (χ2n) is 10.0. The number of benzene rings is 4. The van der Waals surface area contributed by atoms with E-state index in [2.05, 4.69) is 135 Å². The van der Waals surface area contributed by atoms with E-state index in [1.165, 1.54) is 49.8 Å². The minimum atomic E-state index is 0.255. The fraction of sp³-hybridized carbons (Fsp3) is 0.147. The van der Waals surface area contributed by atoms with Gasteiger partial charge in [-0.3, -0.25) is 4.40 Å². The zero-order chi connectivity index (χ0) is 24.8. The van der Waals surface area contributed by atoms with Crippen LogP contribution >= 0.6 is 0 Å². The topological polar surface area (TPSA) is 17.3 Å². The van der Waals surface area contributed by atoms with Crippen LogP contribution in [0.1, 0.15) is 36.7 Å². The number of nitrogens with zero attached hydrogens (tertiary/aromatic N) is 2. The molecule has 2 heterocycles. The first kappa shape index (κ1) is 22.3. The lowest BCUT2D eigenvalue weighted by atomic mass is 9.91. The summed E-state index contributed by atoms with van der Waals surface area (Å²) in [5, 5.41) is 2.49. The van der Waals surface area contributed by atoms with Crippen molar-refractivity contribution < 1.29 is 0 Å². The van der Waals surface area contributed by atoms with Crippen LogP contribution in [-0.2, 0) is 0 Å². The van der Waals surface area contributed by atoms with Crippen molar-refractivity contribution in [3.05, 3.63) is 120 Å². The van der Waals surface area contributed by atoms with Gasteiger partial charge < -0.3 is 0 Å². The molecule has 2 aromatic heterocycles. The van der Waals surface area contributed by atoms with Crippen molar-refractivity contribution >= 4 is 16.3 Å². The summed E-state index contributed by atoms with van der Waals surface area (Å²) in [6.45, 7) is 8.79. The molecule has 2 heteroatoms. The van der Waals surface area contributed by atoms with Gasteiger partial charge in [0.15, 0.2) is 0 Å². The second-order valence-corrected chi connectivity index (χ2v) is 10.0. The number of aryl methyl sites for hydroxylation is 2. The quantitative estimate of drug-likeness (QED) is 0.253. The molecule has 0 spiro atoms. The van der Waals surface area contributed by atoms with Crippen LogP contribution in [0.4, 0.5) is 0 Å². The van der Waals surface area contributed by atoms with Gasteiger partial charge in [0.2, 0.25) is 0 Å². The van der Waals surface area contributed by atoms with Gasteiger partial charge in [0.25, 0.3) is 0 Å². The Morgan fingerprint density at radius 2 is 1.22 bits per heavy atom. The van der Waals surface area contributed by atoms with E-state index in [-0.39, 0.29) is 5.92 Å². The molecular weight excluding hydrogens is 436 g/mol. The van der Waals surface area contributed by atoms with Gasteiger partial charge in [0.1, 0.15) is 5.82 Å². The first-order valence-corrected chi connectivity index (χ1v) is 12.7. The molecule has 36 heavy (non-hydrogen) atoms. The van der Waals surface area contributed by atoms with E-state index in [0.717, 1.165) is 17.1 Å². The molecule has 0 fully saturated rings. The van der Waals surface area contributed by atoms with Gasteiger partial charge in [-0.15, -0.1) is 0 Å². The molecule has 0 bridgehead atoms. The molecule has 0 aliphatic rings. The van der Waals surface area contributed by atoms with Crippen LogP contribution < -0.4 is 0 Å². The van der Waals surface area contributed by atoms with Crippen LogP contribution in [0.3, 0.4) is 0 Å². The van der Waals surface area contributed by atoms with E-state index >= 15 is 0 Å². The molecule has 6 aromatic rings. The van der Waals surface area contributed by atoms with Crippen molar-refractivity contribution in [2.45, 2.75) is 33.6 Å². The van der Waals surface area contributed by atoms with Crippen molar-refractivity contribution in [1.29, 1.82) is 0 Å². The largest absolute Gasteiger partial charge is 0.294 e. The van der Waals surface area contributed by atoms with Gasteiger partial charge in [-0.05, 0) is 30.4 Å². The normalized spacial score (nSPS) is 11.6. The van der Waals surface area contributed by atoms with Gasteiger partial charge >= 0.3 is 0 Å². The van der Waals surface area contributed by atoms with Crippen molar-refractivity contribution in [1.82, 2.24) is 9.38 Å². The highest BCUT2D eigenvalue weighted by Crippen LogP contribution is 2.44. The zero-order valence-electron chi connectivity index (χ0n) is 21.3. The predicted molar refractivity (Wildman–Crippen MR) is 153 cm³/mol. The maximum Gasteiger partial charge on any atom is 0.117 e. The molecule has 0 N–H and O–H groups in total. The standard InChI is InChI=1S/C34H30N2/c1-22(2)34-35-31(26-18-15-23(3)16-19-26)33-28-20-17-24(4)21-29(28)30(25-11-7-5-8-12-25)32(36(33)34)27-13-9-6-10-14-27/h5-22H,1-4H3. The van der Waals surface area contributed by atoms with Crippen LogP contribution in [0, 0.1) is 13.8 Å². The summed E-state index contributed by atoms with van der Waals surface area (Å²) in [6, 6.07) is 37.2. The highest BCUT2D eigenvalue weighted by Gasteiger charge is 2.25. The van der Waals surface area contributed by atoms with E-state index in [9.17, 15) is 0 Å². The smallest absolute Gasteiger partial charge is 0.117 e. The molecule has 0 amide bonds. The van der Waals surface area contributed by atoms with Crippen LogP contribution in [-0.4, -0.2) is 9.38 Å². The van der Waals surface area contributed by atoms with Crippen LogP contribution in [0.15, 0.2) is 103 Å². The van der Waals surface area contributed by atoms with Gasteiger partial charge in [-0.2, -0.15) is 0 Å². The highest BCUT2D eigenvalue weighted by molar-refractivity contribution is 6.13. The SMILES string of the molecule is Cc1ccc(-c2nc(C(C)C)n3c(-c4ccccc4)c(-c4ccccc4)c4cc(C)ccc4c23)cc1. The van der Waals surface area contributed by atoms with Crippen molar-refractivity contribution in [2.24, 2.45) is 0 Å². The Kier molecular flexibility index (Phi) is 5.45. The average molecular weight is 467 g/mol. The molecule has 0 unspecified atom stereocenters. The van der Waals surface area contributed by atoms with Crippen LogP contribution in [0.2, 0.25) is 0 Å². The number of rotatable bonds is 4. The molecule has 2 nitrogen and oxygen atoms in total. The lowest BCUT2D eigenvalue weighted by Gasteiger charge is -2.20. The van der Waals surface area contributed by atoms with Crippen molar-refractivity contribution in [3.63, 3.8) is 0 Å². The van der Waals surface area contributed by atoms with E-state index < -0.39 is 0 Å². The van der Waals surface area contributed by atoms with E-state index in [4.69, 9.17) is 4.98 Å². The lowest BCUT2D eigenvalue weighted by Crippen LogP contribution is -2.04. The highest BCUT2D eigenvalue weighted by atomic mass is 15.0. The fourth-order valence-corrected chi connectivity index (χ4v) is 5.29. The molecule has 0 saturated carbocycles. The van der Waals surface area contributed by atoms with E-state index in [0.29, 0.717) is 0 Å². The monoisotopic (exact) mass is 466 g/mol. The predicted octanol–water partition coefficient (Wildman–Crippen LogP) is 9.23. The third kappa shape index (κ3) is 3.61. The lowest BCUT2D eigenvalue weighted by molar-refractivity contribution is 0.774. The van der Waals surface area contributed by atoms with Gasteiger partial charge in [-0.25, -0.2) is 4.98 Å². The Hall–Kier alpha value is -4.17. The summed E-state index contributed by atoms with van der Waals surface area (Å²) < 4.78 is 2.44. The molecule has 4 aromatic carbocycles. The maximum absolute atomic E-state index is 5.35. The number of hydrogen-bond donors (Lipinski definition) is 0. The minimum Gasteiger partial charge on any atom is -0.294 e. The average Bonchev–Trinajstić information content (AvgIpc) is 3.30. The van der Waals surface area contributed by atoms with Crippen molar-refractivity contribution in [2.75, 3.05) is 0 Å². The number of imidazole rings is 1. The molecule has 0 saturated heterocycles. The van der Waals surface area contributed by atoms with Crippen LogP contribution in [0.5, 0.6) is 0 Å². The number of pyridine rings is 1. The van der Waals surface area contributed by atoms with Crippen molar-refractivity contribution in [3.8, 4) is 33.6 Å². The molecule has 6 rings (SSSR count). The van der Waals surface area contributed by atoms with Gasteiger partial charge in [-0.1, -0.05) is 128 Å². The second kappa shape index (κ2) is 8.80. The molecule has 0 radical (unpaired) electrons. The maximum atomic E-state index is 5.35. The zero-order valence-corrected chi connectivity index (χ0v) is 21.3. The summed E-state index contributed by atoms with van der Waals surface area (Å²) in [4.78, 5) is 5.35. The van der Waals surface area contributed by atoms with Crippen LogP contribution in [0.25, 0.3) is 49.9 Å². The Labute approximate surface area is 212 Å². The fourth-order valence-electron chi connectivity index (χ4n) is 5.29. The first-order valence-electron chi connectivity index (χ1n) is 12.7. The Morgan fingerprint density at radius 3 is 1.86 bits per heavy atom. The summed E-state index contributed by atoms with van der Waals surface area (Å²) in [7, 11) is 0. The Bertz CT molecular complexity index is 1690. The molecule has 0 aliphatic carbocycles. The summed E-state index contributed by atoms with van der Waals surface area (Å²) in [6.07, 6.45) is 0. The van der Waals surface area contributed by atoms with E-state index in [1.54, 1.807) is 0 Å². The summed E-state index contributed by atoms with van der Waals surface area (Å²) in [5.74, 6) is 1.34. The number of hydrogen-bond acceptors (Lipinski definition) is 1. The van der Waals surface area contributed by atoms with Gasteiger partial charge in [0.05, 0.1) is 16.9 Å².